The van der Waals surface area contributed by atoms with Gasteiger partial charge in [0.25, 0.3) is 0 Å². The number of benzene rings is 2. The van der Waals surface area contributed by atoms with Crippen LogP contribution in [0.3, 0.4) is 0 Å². The van der Waals surface area contributed by atoms with Crippen LogP contribution in [-0.2, 0) is 0 Å². The first-order valence-electron chi connectivity index (χ1n) is 4.85. The van der Waals surface area contributed by atoms with Crippen LogP contribution in [0, 0.1) is 11.3 Å². The first-order valence-corrected chi connectivity index (χ1v) is 5.65. The maximum absolute atomic E-state index is 9.31. The summed E-state index contributed by atoms with van der Waals surface area (Å²) in [4.78, 5) is 0. The van der Waals surface area contributed by atoms with Crippen LogP contribution in [0.5, 0.6) is 17.2 Å². The smallest absolute Gasteiger partial charge is 0.145 e. The lowest BCUT2D eigenvalue weighted by Crippen LogP contribution is -1.88. The van der Waals surface area contributed by atoms with Gasteiger partial charge < -0.3 is 9.84 Å². The van der Waals surface area contributed by atoms with Gasteiger partial charge in [-0.1, -0.05) is 22.0 Å². The van der Waals surface area contributed by atoms with E-state index < -0.39 is 0 Å². The Bertz CT molecular complexity index is 590. The van der Waals surface area contributed by atoms with Crippen molar-refractivity contribution in [2.45, 2.75) is 0 Å². The molecule has 4 heteroatoms. The SMILES string of the molecule is N#Cc1cc(Br)ccc1Oc1cccc(O)c1. The van der Waals surface area contributed by atoms with Gasteiger partial charge in [-0.05, 0) is 30.3 Å². The van der Waals surface area contributed by atoms with E-state index in [0.29, 0.717) is 17.1 Å². The summed E-state index contributed by atoms with van der Waals surface area (Å²) >= 11 is 3.29. The molecule has 1 N–H and O–H groups in total. The van der Waals surface area contributed by atoms with Crippen LogP contribution in [0.2, 0.25) is 0 Å². The molecular weight excluding hydrogens is 282 g/mol. The highest BCUT2D eigenvalue weighted by molar-refractivity contribution is 9.10. The number of halogens is 1. The van der Waals surface area contributed by atoms with E-state index in [-0.39, 0.29) is 5.75 Å². The zero-order valence-electron chi connectivity index (χ0n) is 8.72. The van der Waals surface area contributed by atoms with E-state index >= 15 is 0 Å². The van der Waals surface area contributed by atoms with E-state index in [0.717, 1.165) is 4.47 Å². The summed E-state index contributed by atoms with van der Waals surface area (Å²) in [5, 5.41) is 18.3. The number of hydrogen-bond donors (Lipinski definition) is 1. The van der Waals surface area contributed by atoms with Crippen molar-refractivity contribution in [2.24, 2.45) is 0 Å². The number of nitriles is 1. The normalized spacial score (nSPS) is 9.65. The zero-order chi connectivity index (χ0) is 12.3. The molecule has 2 aromatic carbocycles. The highest BCUT2D eigenvalue weighted by atomic mass is 79.9. The highest BCUT2D eigenvalue weighted by Crippen LogP contribution is 2.28. The van der Waals surface area contributed by atoms with Crippen molar-refractivity contribution in [3.05, 3.63) is 52.5 Å². The molecule has 2 aromatic rings. The number of phenolic OH excluding ortho intramolecular Hbond substituents is 1. The second kappa shape index (κ2) is 4.89. The molecule has 84 valence electrons. The highest BCUT2D eigenvalue weighted by Gasteiger charge is 2.05. The molecule has 0 saturated carbocycles. The van der Waals surface area contributed by atoms with E-state index in [4.69, 9.17) is 10.00 Å². The fraction of sp³-hybridized carbons (Fsp3) is 0. The van der Waals surface area contributed by atoms with Gasteiger partial charge in [0.2, 0.25) is 0 Å². The van der Waals surface area contributed by atoms with Crippen LogP contribution in [0.1, 0.15) is 5.56 Å². The summed E-state index contributed by atoms with van der Waals surface area (Å²) in [7, 11) is 0. The van der Waals surface area contributed by atoms with Crippen LogP contribution in [0.15, 0.2) is 46.9 Å². The van der Waals surface area contributed by atoms with Crippen molar-refractivity contribution >= 4 is 15.9 Å². The number of ether oxygens (including phenoxy) is 1. The third-order valence-electron chi connectivity index (χ3n) is 2.11. The largest absolute Gasteiger partial charge is 0.508 e. The number of phenols is 1. The molecule has 0 aliphatic rings. The van der Waals surface area contributed by atoms with Crippen LogP contribution in [0.4, 0.5) is 0 Å². The van der Waals surface area contributed by atoms with Crippen LogP contribution >= 0.6 is 15.9 Å². The van der Waals surface area contributed by atoms with E-state index in [9.17, 15) is 5.11 Å². The fourth-order valence-electron chi connectivity index (χ4n) is 1.35. The Morgan fingerprint density at radius 2 is 2.00 bits per heavy atom. The number of hydrogen-bond acceptors (Lipinski definition) is 3. The zero-order valence-corrected chi connectivity index (χ0v) is 10.3. The van der Waals surface area contributed by atoms with Crippen LogP contribution in [-0.4, -0.2) is 5.11 Å². The average Bonchev–Trinajstić information content (AvgIpc) is 2.31. The lowest BCUT2D eigenvalue weighted by Gasteiger charge is -2.07. The van der Waals surface area contributed by atoms with Gasteiger partial charge in [0.05, 0.1) is 5.56 Å². The van der Waals surface area contributed by atoms with Crippen molar-refractivity contribution in [2.75, 3.05) is 0 Å². The number of aromatic hydroxyl groups is 1. The Morgan fingerprint density at radius 3 is 2.71 bits per heavy atom. The maximum Gasteiger partial charge on any atom is 0.145 e. The Morgan fingerprint density at radius 1 is 1.18 bits per heavy atom. The van der Waals surface area contributed by atoms with E-state index in [2.05, 4.69) is 22.0 Å². The summed E-state index contributed by atoms with van der Waals surface area (Å²) in [5.41, 5.74) is 0.433. The summed E-state index contributed by atoms with van der Waals surface area (Å²) in [6, 6.07) is 13.7. The molecule has 0 aromatic heterocycles. The van der Waals surface area contributed by atoms with Gasteiger partial charge in [-0.15, -0.1) is 0 Å². The minimum absolute atomic E-state index is 0.123. The molecule has 0 bridgehead atoms. The first-order chi connectivity index (χ1) is 8.19. The van der Waals surface area contributed by atoms with E-state index in [1.165, 1.54) is 6.07 Å². The minimum Gasteiger partial charge on any atom is -0.508 e. The molecule has 2 rings (SSSR count). The van der Waals surface area contributed by atoms with Crippen molar-refractivity contribution < 1.29 is 9.84 Å². The molecule has 0 radical (unpaired) electrons. The van der Waals surface area contributed by atoms with Crippen molar-refractivity contribution in [1.82, 2.24) is 0 Å². The van der Waals surface area contributed by atoms with Gasteiger partial charge in [0, 0.05) is 10.5 Å². The minimum atomic E-state index is 0.123. The number of nitrogens with zero attached hydrogens (tertiary/aromatic N) is 1. The Hall–Kier alpha value is -1.99. The Balaban J connectivity index is 2.34. The molecule has 0 atom stereocenters. The molecule has 17 heavy (non-hydrogen) atoms. The lowest BCUT2D eigenvalue weighted by molar-refractivity contribution is 0.454. The molecule has 0 amide bonds. The van der Waals surface area contributed by atoms with Gasteiger partial charge in [-0.2, -0.15) is 5.26 Å². The van der Waals surface area contributed by atoms with E-state index in [1.807, 2.05) is 0 Å². The molecular formula is C13H8BrNO2. The van der Waals surface area contributed by atoms with Gasteiger partial charge in [0.1, 0.15) is 23.3 Å². The van der Waals surface area contributed by atoms with Crippen molar-refractivity contribution in [3.63, 3.8) is 0 Å². The average molecular weight is 290 g/mol. The second-order valence-electron chi connectivity index (χ2n) is 3.35. The standard InChI is InChI=1S/C13H8BrNO2/c14-10-4-5-13(9(6-10)8-15)17-12-3-1-2-11(16)7-12/h1-7,16H. The first kappa shape index (κ1) is 11.5. The maximum atomic E-state index is 9.31. The van der Waals surface area contributed by atoms with Crippen molar-refractivity contribution in [3.8, 4) is 23.3 Å². The lowest BCUT2D eigenvalue weighted by atomic mass is 10.2. The summed E-state index contributed by atoms with van der Waals surface area (Å²) in [6.07, 6.45) is 0. The Kier molecular flexibility index (Phi) is 3.31. The molecule has 0 fully saturated rings. The molecule has 0 aliphatic heterocycles. The third kappa shape index (κ3) is 2.77. The molecule has 0 aliphatic carbocycles. The predicted molar refractivity (Wildman–Crippen MR) is 67.0 cm³/mol. The van der Waals surface area contributed by atoms with Crippen LogP contribution in [0.25, 0.3) is 0 Å². The molecule has 3 nitrogen and oxygen atoms in total. The van der Waals surface area contributed by atoms with Gasteiger partial charge in [-0.25, -0.2) is 0 Å². The van der Waals surface area contributed by atoms with Gasteiger partial charge in [0.15, 0.2) is 0 Å². The summed E-state index contributed by atoms with van der Waals surface area (Å²) in [6.45, 7) is 0. The van der Waals surface area contributed by atoms with Crippen LogP contribution < -0.4 is 4.74 Å². The topological polar surface area (TPSA) is 53.2 Å². The number of rotatable bonds is 2. The second-order valence-corrected chi connectivity index (χ2v) is 4.27. The molecule has 0 unspecified atom stereocenters. The molecule has 0 spiro atoms. The van der Waals surface area contributed by atoms with Crippen molar-refractivity contribution in [1.29, 1.82) is 5.26 Å². The monoisotopic (exact) mass is 289 g/mol. The Labute approximate surface area is 107 Å². The van der Waals surface area contributed by atoms with Gasteiger partial charge >= 0.3 is 0 Å². The summed E-state index contributed by atoms with van der Waals surface area (Å²) in [5.74, 6) is 1.07. The molecule has 0 saturated heterocycles. The van der Waals surface area contributed by atoms with Gasteiger partial charge in [-0.3, -0.25) is 0 Å². The quantitative estimate of drug-likeness (QED) is 0.914. The van der Waals surface area contributed by atoms with E-state index in [1.54, 1.807) is 36.4 Å². The summed E-state index contributed by atoms with van der Waals surface area (Å²) < 4.78 is 6.35. The predicted octanol–water partition coefficient (Wildman–Crippen LogP) is 3.82. The fourth-order valence-corrected chi connectivity index (χ4v) is 1.71. The molecule has 0 heterocycles. The third-order valence-corrected chi connectivity index (χ3v) is 2.60.